The maximum absolute atomic E-state index is 12.0. The van der Waals surface area contributed by atoms with E-state index >= 15 is 0 Å². The number of halogens is 2. The molecule has 0 fully saturated rings. The highest BCUT2D eigenvalue weighted by Crippen LogP contribution is 2.05. The lowest BCUT2D eigenvalue weighted by Crippen LogP contribution is -2.36. The molecule has 0 saturated heterocycles. The Hall–Kier alpha value is -2.09. The standard InChI is InChI=1S/C10H10F2N2O4/c11-8(12)6(15)4-14-9(16)7-5(10(17)18)2-1-3-13-7/h1-3,6,8,15H,4H2,(H,14,16)(H,17,18). The summed E-state index contributed by atoms with van der Waals surface area (Å²) in [5.41, 5.74) is -0.743. The summed E-state index contributed by atoms with van der Waals surface area (Å²) >= 11 is 0. The molecule has 0 radical (unpaired) electrons. The maximum atomic E-state index is 12.0. The van der Waals surface area contributed by atoms with E-state index in [4.69, 9.17) is 10.2 Å². The van der Waals surface area contributed by atoms with Gasteiger partial charge in [-0.25, -0.2) is 13.6 Å². The normalized spacial score (nSPS) is 12.2. The molecule has 0 aromatic carbocycles. The van der Waals surface area contributed by atoms with Gasteiger partial charge < -0.3 is 15.5 Å². The van der Waals surface area contributed by atoms with E-state index in [0.29, 0.717) is 0 Å². The molecule has 1 heterocycles. The number of carbonyl (C=O) groups is 2. The number of aliphatic hydroxyl groups is 1. The van der Waals surface area contributed by atoms with Crippen LogP contribution < -0.4 is 5.32 Å². The van der Waals surface area contributed by atoms with E-state index < -0.39 is 36.6 Å². The lowest BCUT2D eigenvalue weighted by Gasteiger charge is -2.11. The minimum atomic E-state index is -2.99. The van der Waals surface area contributed by atoms with Crippen LogP contribution in [0.2, 0.25) is 0 Å². The number of aromatic nitrogens is 1. The van der Waals surface area contributed by atoms with Crippen LogP contribution in [0.1, 0.15) is 20.8 Å². The van der Waals surface area contributed by atoms with E-state index in [1.807, 2.05) is 5.32 Å². The van der Waals surface area contributed by atoms with Crippen LogP contribution in [0.3, 0.4) is 0 Å². The number of pyridine rings is 1. The Kier molecular flexibility index (Phi) is 4.67. The van der Waals surface area contributed by atoms with Gasteiger partial charge in [0.15, 0.2) is 0 Å². The number of carboxylic acids is 1. The van der Waals surface area contributed by atoms with Gasteiger partial charge in [0.05, 0.1) is 5.56 Å². The quantitative estimate of drug-likeness (QED) is 0.699. The van der Waals surface area contributed by atoms with Crippen molar-refractivity contribution >= 4 is 11.9 Å². The second-order valence-corrected chi connectivity index (χ2v) is 3.32. The number of hydrogen-bond donors (Lipinski definition) is 3. The maximum Gasteiger partial charge on any atom is 0.338 e. The SMILES string of the molecule is O=C(O)c1cccnc1C(=O)NCC(O)C(F)F. The van der Waals surface area contributed by atoms with Gasteiger partial charge in [-0.05, 0) is 12.1 Å². The molecule has 0 aliphatic rings. The summed E-state index contributed by atoms with van der Waals surface area (Å²) in [6, 6.07) is 2.49. The van der Waals surface area contributed by atoms with Crippen LogP contribution in [0, 0.1) is 0 Å². The molecule has 0 saturated carbocycles. The Balaban J connectivity index is 2.76. The van der Waals surface area contributed by atoms with Crippen molar-refractivity contribution in [3.05, 3.63) is 29.6 Å². The molecule has 1 atom stereocenters. The number of carboxylic acid groups (broad SMARTS) is 1. The van der Waals surface area contributed by atoms with Gasteiger partial charge >= 0.3 is 5.97 Å². The van der Waals surface area contributed by atoms with Crippen LogP contribution >= 0.6 is 0 Å². The highest BCUT2D eigenvalue weighted by atomic mass is 19.3. The molecular weight excluding hydrogens is 250 g/mol. The van der Waals surface area contributed by atoms with Crippen molar-refractivity contribution in [1.82, 2.24) is 10.3 Å². The van der Waals surface area contributed by atoms with E-state index in [-0.39, 0.29) is 5.56 Å². The lowest BCUT2D eigenvalue weighted by molar-refractivity contribution is -0.00274. The van der Waals surface area contributed by atoms with Crippen LogP contribution in [0.15, 0.2) is 18.3 Å². The second-order valence-electron chi connectivity index (χ2n) is 3.32. The van der Waals surface area contributed by atoms with Gasteiger partial charge in [-0.1, -0.05) is 0 Å². The minimum absolute atomic E-state index is 0.346. The van der Waals surface area contributed by atoms with Crippen LogP contribution in [-0.4, -0.2) is 46.1 Å². The van der Waals surface area contributed by atoms with Crippen molar-refractivity contribution < 1.29 is 28.6 Å². The van der Waals surface area contributed by atoms with Crippen molar-refractivity contribution in [2.75, 3.05) is 6.54 Å². The smallest absolute Gasteiger partial charge is 0.338 e. The zero-order chi connectivity index (χ0) is 13.7. The first-order valence-corrected chi connectivity index (χ1v) is 4.86. The second kappa shape index (κ2) is 6.01. The van der Waals surface area contributed by atoms with Crippen LogP contribution in [0.5, 0.6) is 0 Å². The van der Waals surface area contributed by atoms with E-state index in [2.05, 4.69) is 4.98 Å². The lowest BCUT2D eigenvalue weighted by atomic mass is 10.2. The Morgan fingerprint density at radius 2 is 2.11 bits per heavy atom. The van der Waals surface area contributed by atoms with Gasteiger partial charge in [0.2, 0.25) is 0 Å². The Labute approximate surface area is 100 Å². The summed E-state index contributed by atoms with van der Waals surface area (Å²) in [6.45, 7) is -0.688. The number of rotatable bonds is 5. The Morgan fingerprint density at radius 3 is 2.67 bits per heavy atom. The van der Waals surface area contributed by atoms with Gasteiger partial charge in [-0.15, -0.1) is 0 Å². The third-order valence-corrected chi connectivity index (χ3v) is 2.02. The highest BCUT2D eigenvalue weighted by Gasteiger charge is 2.21. The van der Waals surface area contributed by atoms with Crippen molar-refractivity contribution in [3.63, 3.8) is 0 Å². The molecule has 18 heavy (non-hydrogen) atoms. The van der Waals surface area contributed by atoms with Gasteiger partial charge in [0.25, 0.3) is 12.3 Å². The molecule has 6 nitrogen and oxygen atoms in total. The molecule has 1 aromatic heterocycles. The molecule has 3 N–H and O–H groups in total. The third-order valence-electron chi connectivity index (χ3n) is 2.02. The summed E-state index contributed by atoms with van der Waals surface area (Å²) in [4.78, 5) is 25.8. The number of nitrogens with one attached hydrogen (secondary N) is 1. The summed E-state index contributed by atoms with van der Waals surface area (Å²) in [5.74, 6) is -2.30. The molecule has 98 valence electrons. The number of aromatic carboxylic acids is 1. The number of hydrogen-bond acceptors (Lipinski definition) is 4. The van der Waals surface area contributed by atoms with E-state index in [1.54, 1.807) is 0 Å². The predicted molar refractivity (Wildman–Crippen MR) is 55.5 cm³/mol. The topological polar surface area (TPSA) is 99.5 Å². The summed E-state index contributed by atoms with van der Waals surface area (Å²) < 4.78 is 24.0. The van der Waals surface area contributed by atoms with Crippen LogP contribution in [-0.2, 0) is 0 Å². The third kappa shape index (κ3) is 3.45. The largest absolute Gasteiger partial charge is 0.478 e. The molecule has 0 bridgehead atoms. The number of aliphatic hydroxyl groups excluding tert-OH is 1. The molecule has 1 aromatic rings. The fraction of sp³-hybridized carbons (Fsp3) is 0.300. The van der Waals surface area contributed by atoms with Gasteiger partial charge in [0, 0.05) is 12.7 Å². The number of nitrogens with zero attached hydrogens (tertiary/aromatic N) is 1. The van der Waals surface area contributed by atoms with Gasteiger partial charge in [-0.2, -0.15) is 0 Å². The Bertz CT molecular complexity index is 453. The molecule has 0 aliphatic carbocycles. The van der Waals surface area contributed by atoms with Crippen LogP contribution in [0.4, 0.5) is 8.78 Å². The van der Waals surface area contributed by atoms with Crippen molar-refractivity contribution in [2.45, 2.75) is 12.5 Å². The first kappa shape index (κ1) is 14.0. The number of amides is 1. The zero-order valence-corrected chi connectivity index (χ0v) is 9.01. The first-order chi connectivity index (χ1) is 8.43. The van der Waals surface area contributed by atoms with Crippen molar-refractivity contribution in [3.8, 4) is 0 Å². The zero-order valence-electron chi connectivity index (χ0n) is 9.01. The predicted octanol–water partition coefficient (Wildman–Crippen LogP) is 0.136. The van der Waals surface area contributed by atoms with Gasteiger partial charge in [0.1, 0.15) is 11.8 Å². The monoisotopic (exact) mass is 260 g/mol. The van der Waals surface area contributed by atoms with E-state index in [9.17, 15) is 18.4 Å². The molecule has 0 aliphatic heterocycles. The number of alkyl halides is 2. The van der Waals surface area contributed by atoms with Crippen molar-refractivity contribution in [1.29, 1.82) is 0 Å². The molecular formula is C10H10F2N2O4. The van der Waals surface area contributed by atoms with Gasteiger partial charge in [-0.3, -0.25) is 9.78 Å². The average molecular weight is 260 g/mol. The summed E-state index contributed by atoms with van der Waals surface area (Å²) in [5, 5.41) is 19.6. The Morgan fingerprint density at radius 1 is 1.44 bits per heavy atom. The van der Waals surface area contributed by atoms with E-state index in [1.165, 1.54) is 12.3 Å². The molecule has 1 amide bonds. The average Bonchev–Trinajstić information content (AvgIpc) is 2.35. The van der Waals surface area contributed by atoms with Crippen molar-refractivity contribution in [2.24, 2.45) is 0 Å². The van der Waals surface area contributed by atoms with Crippen LogP contribution in [0.25, 0.3) is 0 Å². The molecule has 8 heteroatoms. The minimum Gasteiger partial charge on any atom is -0.478 e. The molecule has 1 rings (SSSR count). The fourth-order valence-corrected chi connectivity index (χ4v) is 1.13. The fourth-order valence-electron chi connectivity index (χ4n) is 1.13. The summed E-state index contributed by atoms with van der Waals surface area (Å²) in [7, 11) is 0. The first-order valence-electron chi connectivity index (χ1n) is 4.86. The summed E-state index contributed by atoms with van der Waals surface area (Å²) in [6.07, 6.45) is -3.80. The molecule has 1 unspecified atom stereocenters. The number of carbonyl (C=O) groups excluding carboxylic acids is 1. The highest BCUT2D eigenvalue weighted by molar-refractivity contribution is 6.03. The van der Waals surface area contributed by atoms with E-state index in [0.717, 1.165) is 6.07 Å². The molecule has 0 spiro atoms.